The minimum atomic E-state index is -0.627. The van der Waals surface area contributed by atoms with Crippen molar-refractivity contribution in [3.05, 3.63) is 18.2 Å². The second-order valence-electron chi connectivity index (χ2n) is 3.53. The quantitative estimate of drug-likeness (QED) is 0.778. The van der Waals surface area contributed by atoms with E-state index < -0.39 is 10.8 Å². The van der Waals surface area contributed by atoms with E-state index in [1.165, 1.54) is 0 Å². The first-order valence-corrected chi connectivity index (χ1v) is 6.26. The van der Waals surface area contributed by atoms with Gasteiger partial charge in [-0.25, -0.2) is 4.98 Å². The summed E-state index contributed by atoms with van der Waals surface area (Å²) in [4.78, 5) is 4.01. The minimum Gasteiger partial charge on any atom is -0.390 e. The van der Waals surface area contributed by atoms with Gasteiger partial charge in [0, 0.05) is 28.3 Å². The van der Waals surface area contributed by atoms with E-state index in [9.17, 15) is 4.21 Å². The highest BCUT2D eigenvalue weighted by Crippen LogP contribution is 2.23. The molecular formula is C9H14N2O2S. The molecular weight excluding hydrogens is 200 g/mol. The fourth-order valence-corrected chi connectivity index (χ4v) is 3.12. The highest BCUT2D eigenvalue weighted by atomic mass is 32.2. The largest absolute Gasteiger partial charge is 0.390 e. The topological polar surface area (TPSA) is 55.1 Å². The SMILES string of the molecule is O=S1CCC(n2cncc2CO)CC1. The van der Waals surface area contributed by atoms with Gasteiger partial charge in [0.2, 0.25) is 0 Å². The maximum absolute atomic E-state index is 11.2. The molecule has 1 aliphatic heterocycles. The molecule has 0 radical (unpaired) electrons. The Kier molecular flexibility index (Phi) is 2.98. The van der Waals surface area contributed by atoms with Crippen molar-refractivity contribution in [1.29, 1.82) is 0 Å². The van der Waals surface area contributed by atoms with E-state index in [1.807, 2.05) is 4.57 Å². The molecule has 0 atom stereocenters. The lowest BCUT2D eigenvalue weighted by Crippen LogP contribution is -2.22. The number of hydrogen-bond acceptors (Lipinski definition) is 3. The van der Waals surface area contributed by atoms with Gasteiger partial charge < -0.3 is 9.67 Å². The Bertz CT molecular complexity index is 327. The van der Waals surface area contributed by atoms with Crippen LogP contribution in [0.25, 0.3) is 0 Å². The first kappa shape index (κ1) is 9.86. The fraction of sp³-hybridized carbons (Fsp3) is 0.667. The zero-order valence-electron chi connectivity index (χ0n) is 7.93. The van der Waals surface area contributed by atoms with E-state index in [0.717, 1.165) is 30.0 Å². The fourth-order valence-electron chi connectivity index (χ4n) is 1.84. The van der Waals surface area contributed by atoms with Crippen LogP contribution in [0.4, 0.5) is 0 Å². The van der Waals surface area contributed by atoms with Crippen molar-refractivity contribution < 1.29 is 9.32 Å². The van der Waals surface area contributed by atoms with E-state index >= 15 is 0 Å². The van der Waals surface area contributed by atoms with E-state index in [4.69, 9.17) is 5.11 Å². The van der Waals surface area contributed by atoms with Crippen molar-refractivity contribution in [1.82, 2.24) is 9.55 Å². The summed E-state index contributed by atoms with van der Waals surface area (Å²) < 4.78 is 13.2. The molecule has 0 aromatic carbocycles. The predicted octanol–water partition coefficient (Wildman–Crippen LogP) is 0.459. The van der Waals surface area contributed by atoms with Crippen LogP contribution in [0.1, 0.15) is 24.6 Å². The molecule has 1 saturated heterocycles. The van der Waals surface area contributed by atoms with E-state index in [-0.39, 0.29) is 6.61 Å². The Morgan fingerprint density at radius 3 is 2.93 bits per heavy atom. The molecule has 1 aliphatic rings. The van der Waals surface area contributed by atoms with Crippen molar-refractivity contribution in [2.45, 2.75) is 25.5 Å². The Morgan fingerprint density at radius 2 is 2.29 bits per heavy atom. The second kappa shape index (κ2) is 4.23. The van der Waals surface area contributed by atoms with Crippen LogP contribution in [-0.2, 0) is 17.4 Å². The van der Waals surface area contributed by atoms with Crippen LogP contribution in [0.5, 0.6) is 0 Å². The molecule has 5 heteroatoms. The highest BCUT2D eigenvalue weighted by molar-refractivity contribution is 7.85. The van der Waals surface area contributed by atoms with Crippen molar-refractivity contribution in [2.24, 2.45) is 0 Å². The summed E-state index contributed by atoms with van der Waals surface area (Å²) in [7, 11) is -0.627. The molecule has 0 bridgehead atoms. The number of imidazole rings is 1. The lowest BCUT2D eigenvalue weighted by molar-refractivity contribution is 0.264. The van der Waals surface area contributed by atoms with Crippen molar-refractivity contribution in [3.8, 4) is 0 Å². The number of aliphatic hydroxyl groups is 1. The molecule has 1 N–H and O–H groups in total. The molecule has 0 saturated carbocycles. The number of rotatable bonds is 2. The van der Waals surface area contributed by atoms with Gasteiger partial charge in [0.15, 0.2) is 0 Å². The third kappa shape index (κ3) is 1.88. The first-order valence-electron chi connectivity index (χ1n) is 4.78. The Morgan fingerprint density at radius 1 is 1.57 bits per heavy atom. The molecule has 0 spiro atoms. The Labute approximate surface area is 85.4 Å². The molecule has 78 valence electrons. The highest BCUT2D eigenvalue weighted by Gasteiger charge is 2.20. The maximum Gasteiger partial charge on any atom is 0.0951 e. The number of aromatic nitrogens is 2. The van der Waals surface area contributed by atoms with Crippen LogP contribution in [0.15, 0.2) is 12.5 Å². The molecule has 0 aliphatic carbocycles. The average molecular weight is 214 g/mol. The van der Waals surface area contributed by atoms with Crippen molar-refractivity contribution in [2.75, 3.05) is 11.5 Å². The molecule has 0 amide bonds. The van der Waals surface area contributed by atoms with Gasteiger partial charge in [-0.1, -0.05) is 0 Å². The zero-order valence-corrected chi connectivity index (χ0v) is 8.74. The average Bonchev–Trinajstić information content (AvgIpc) is 2.67. The second-order valence-corrected chi connectivity index (χ2v) is 5.23. The van der Waals surface area contributed by atoms with Crippen LogP contribution in [0, 0.1) is 0 Å². The summed E-state index contributed by atoms with van der Waals surface area (Å²) in [5, 5.41) is 9.07. The summed E-state index contributed by atoms with van der Waals surface area (Å²) in [5.41, 5.74) is 0.850. The van der Waals surface area contributed by atoms with Crippen LogP contribution >= 0.6 is 0 Å². The first-order chi connectivity index (χ1) is 6.81. The van der Waals surface area contributed by atoms with Crippen LogP contribution in [0.3, 0.4) is 0 Å². The Hall–Kier alpha value is -0.680. The number of nitrogens with zero attached hydrogens (tertiary/aromatic N) is 2. The summed E-state index contributed by atoms with van der Waals surface area (Å²) in [6, 6.07) is 0.373. The van der Waals surface area contributed by atoms with E-state index in [1.54, 1.807) is 12.5 Å². The van der Waals surface area contributed by atoms with Crippen molar-refractivity contribution in [3.63, 3.8) is 0 Å². The number of hydrogen-bond donors (Lipinski definition) is 1. The zero-order chi connectivity index (χ0) is 9.97. The van der Waals surface area contributed by atoms with Gasteiger partial charge in [-0.2, -0.15) is 0 Å². The van der Waals surface area contributed by atoms with E-state index in [2.05, 4.69) is 4.98 Å². The smallest absolute Gasteiger partial charge is 0.0951 e. The molecule has 0 unspecified atom stereocenters. The van der Waals surface area contributed by atoms with Gasteiger partial charge in [0.25, 0.3) is 0 Å². The molecule has 14 heavy (non-hydrogen) atoms. The van der Waals surface area contributed by atoms with Gasteiger partial charge in [-0.05, 0) is 12.8 Å². The summed E-state index contributed by atoms with van der Waals surface area (Å²) in [5.74, 6) is 1.54. The van der Waals surface area contributed by atoms with Gasteiger partial charge in [-0.15, -0.1) is 0 Å². The molecule has 4 nitrogen and oxygen atoms in total. The molecule has 1 aromatic heterocycles. The summed E-state index contributed by atoms with van der Waals surface area (Å²) >= 11 is 0. The molecule has 2 heterocycles. The molecule has 2 rings (SSSR count). The van der Waals surface area contributed by atoms with Gasteiger partial charge in [0.1, 0.15) is 0 Å². The number of aliphatic hydroxyl groups excluding tert-OH is 1. The predicted molar refractivity (Wildman–Crippen MR) is 54.3 cm³/mol. The van der Waals surface area contributed by atoms with Crippen LogP contribution < -0.4 is 0 Å². The lowest BCUT2D eigenvalue weighted by atomic mass is 10.1. The van der Waals surface area contributed by atoms with Gasteiger partial charge in [0.05, 0.1) is 24.8 Å². The normalized spacial score (nSPS) is 27.8. The monoisotopic (exact) mass is 214 g/mol. The summed E-state index contributed by atoms with van der Waals surface area (Å²) in [6.07, 6.45) is 5.29. The Balaban J connectivity index is 2.11. The van der Waals surface area contributed by atoms with Crippen LogP contribution in [-0.4, -0.2) is 30.4 Å². The van der Waals surface area contributed by atoms with E-state index in [0.29, 0.717) is 6.04 Å². The molecule has 1 fully saturated rings. The third-order valence-corrected chi connectivity index (χ3v) is 4.04. The third-order valence-electron chi connectivity index (χ3n) is 2.66. The van der Waals surface area contributed by atoms with Gasteiger partial charge in [-0.3, -0.25) is 4.21 Å². The molecule has 1 aromatic rings. The van der Waals surface area contributed by atoms with Crippen LogP contribution in [0.2, 0.25) is 0 Å². The van der Waals surface area contributed by atoms with Crippen molar-refractivity contribution >= 4 is 10.8 Å². The minimum absolute atomic E-state index is 0.0274. The lowest BCUT2D eigenvalue weighted by Gasteiger charge is -2.24. The van der Waals surface area contributed by atoms with Gasteiger partial charge >= 0.3 is 0 Å². The standard InChI is InChI=1S/C9H14N2O2S/c12-6-9-5-10-7-11(9)8-1-3-14(13)4-2-8/h5,7-8,12H,1-4,6H2. The maximum atomic E-state index is 11.2. The summed E-state index contributed by atoms with van der Waals surface area (Å²) in [6.45, 7) is 0.0274.